The van der Waals surface area contributed by atoms with Gasteiger partial charge in [-0.2, -0.15) is 5.10 Å². The lowest BCUT2D eigenvalue weighted by molar-refractivity contribution is -0.142. The van der Waals surface area contributed by atoms with E-state index in [9.17, 15) is 9.59 Å². The Morgan fingerprint density at radius 2 is 2.23 bits per heavy atom. The van der Waals surface area contributed by atoms with Crippen LogP contribution in [-0.2, 0) is 22.5 Å². The van der Waals surface area contributed by atoms with Crippen LogP contribution in [0.5, 0.6) is 0 Å². The Kier molecular flexibility index (Phi) is 5.67. The van der Waals surface area contributed by atoms with E-state index in [1.54, 1.807) is 23.2 Å². The summed E-state index contributed by atoms with van der Waals surface area (Å²) in [6, 6.07) is 0. The van der Waals surface area contributed by atoms with Gasteiger partial charge < -0.3 is 4.74 Å². The Labute approximate surface area is 139 Å². The lowest BCUT2D eigenvalue weighted by Gasteiger charge is -1.99. The van der Waals surface area contributed by atoms with Crippen molar-refractivity contribution in [1.29, 1.82) is 0 Å². The van der Waals surface area contributed by atoms with E-state index in [4.69, 9.17) is 4.74 Å². The highest BCUT2D eigenvalue weighted by Gasteiger charge is 2.17. The quantitative estimate of drug-likeness (QED) is 0.770. The molecule has 118 valence electrons. The zero-order chi connectivity index (χ0) is 16.1. The van der Waals surface area contributed by atoms with Crippen LogP contribution in [0.25, 0.3) is 0 Å². The van der Waals surface area contributed by atoms with E-state index in [-0.39, 0.29) is 18.3 Å². The van der Waals surface area contributed by atoms with Crippen molar-refractivity contribution < 1.29 is 14.3 Å². The third-order valence-corrected chi connectivity index (χ3v) is 4.05. The van der Waals surface area contributed by atoms with Gasteiger partial charge in [-0.3, -0.25) is 19.6 Å². The molecule has 9 heteroatoms. The fourth-order valence-corrected chi connectivity index (χ4v) is 2.88. The second-order valence-electron chi connectivity index (χ2n) is 4.26. The summed E-state index contributed by atoms with van der Waals surface area (Å²) in [6.45, 7) is 4.69. The molecule has 0 radical (unpaired) electrons. The van der Waals surface area contributed by atoms with Crippen LogP contribution in [0, 0.1) is 0 Å². The van der Waals surface area contributed by atoms with Crippen LogP contribution in [0.15, 0.2) is 16.0 Å². The maximum Gasteiger partial charge on any atom is 0.311 e. The fourth-order valence-electron chi connectivity index (χ4n) is 1.67. The van der Waals surface area contributed by atoms with E-state index in [1.165, 1.54) is 11.3 Å². The summed E-state index contributed by atoms with van der Waals surface area (Å²) in [5.41, 5.74) is 0.862. The van der Waals surface area contributed by atoms with E-state index in [1.807, 2.05) is 6.92 Å². The zero-order valence-corrected chi connectivity index (χ0v) is 14.5. The van der Waals surface area contributed by atoms with Crippen LogP contribution in [0.3, 0.4) is 0 Å². The summed E-state index contributed by atoms with van der Waals surface area (Å²) < 4.78 is 7.14. The first-order valence-corrected chi connectivity index (χ1v) is 8.35. The van der Waals surface area contributed by atoms with Gasteiger partial charge in [0.15, 0.2) is 10.8 Å². The van der Waals surface area contributed by atoms with Crippen molar-refractivity contribution in [1.82, 2.24) is 14.8 Å². The number of ether oxygens (including phenoxy) is 1. The molecule has 7 nitrogen and oxygen atoms in total. The smallest absolute Gasteiger partial charge is 0.311 e. The third-order valence-electron chi connectivity index (χ3n) is 2.66. The summed E-state index contributed by atoms with van der Waals surface area (Å²) in [7, 11) is 0. The van der Waals surface area contributed by atoms with Crippen molar-refractivity contribution in [3.8, 4) is 0 Å². The SMILES string of the molecule is CCOC(=O)Cc1csc(NC(=O)c2nn(CC)cc2Br)n1. The van der Waals surface area contributed by atoms with E-state index in [0.717, 1.165) is 0 Å². The molecule has 0 spiro atoms. The first-order chi connectivity index (χ1) is 10.5. The first kappa shape index (κ1) is 16.6. The molecule has 0 bridgehead atoms. The van der Waals surface area contributed by atoms with Crippen LogP contribution in [0.4, 0.5) is 5.13 Å². The van der Waals surface area contributed by atoms with Gasteiger partial charge in [0, 0.05) is 18.1 Å². The largest absolute Gasteiger partial charge is 0.466 e. The maximum absolute atomic E-state index is 12.2. The van der Waals surface area contributed by atoms with Crippen molar-refractivity contribution in [2.75, 3.05) is 11.9 Å². The minimum absolute atomic E-state index is 0.0916. The molecule has 2 aromatic rings. The molecule has 0 aliphatic rings. The number of aryl methyl sites for hydroxylation is 1. The number of esters is 1. The van der Waals surface area contributed by atoms with Crippen LogP contribution in [0.2, 0.25) is 0 Å². The lowest BCUT2D eigenvalue weighted by Crippen LogP contribution is -2.14. The number of hydrogen-bond donors (Lipinski definition) is 1. The molecule has 0 saturated heterocycles. The molecule has 0 unspecified atom stereocenters. The normalized spacial score (nSPS) is 10.5. The van der Waals surface area contributed by atoms with Gasteiger partial charge in [0.2, 0.25) is 0 Å². The summed E-state index contributed by atoms with van der Waals surface area (Å²) in [5.74, 6) is -0.689. The van der Waals surface area contributed by atoms with Crippen LogP contribution in [-0.4, -0.2) is 33.2 Å². The highest BCUT2D eigenvalue weighted by molar-refractivity contribution is 9.10. The predicted molar refractivity (Wildman–Crippen MR) is 86.0 cm³/mol. The van der Waals surface area contributed by atoms with E-state index in [2.05, 4.69) is 31.3 Å². The number of thiazole rings is 1. The minimum Gasteiger partial charge on any atom is -0.466 e. The van der Waals surface area contributed by atoms with Gasteiger partial charge in [-0.15, -0.1) is 11.3 Å². The number of nitrogens with one attached hydrogen (secondary N) is 1. The molecule has 2 rings (SSSR count). The number of anilines is 1. The first-order valence-electron chi connectivity index (χ1n) is 6.67. The van der Waals surface area contributed by atoms with Crippen molar-refractivity contribution in [2.24, 2.45) is 0 Å². The topological polar surface area (TPSA) is 86.1 Å². The summed E-state index contributed by atoms with van der Waals surface area (Å²) in [6.07, 6.45) is 1.83. The molecule has 2 aromatic heterocycles. The van der Waals surface area contributed by atoms with Gasteiger partial charge in [0.1, 0.15) is 0 Å². The molecule has 0 atom stereocenters. The Balaban J connectivity index is 2.01. The van der Waals surface area contributed by atoms with Crippen LogP contribution in [0.1, 0.15) is 30.0 Å². The average Bonchev–Trinajstić information content (AvgIpc) is 3.05. The molecule has 22 heavy (non-hydrogen) atoms. The molecular formula is C13H15BrN4O3S. The highest BCUT2D eigenvalue weighted by Crippen LogP contribution is 2.20. The van der Waals surface area contributed by atoms with Gasteiger partial charge >= 0.3 is 5.97 Å². The molecule has 0 aliphatic heterocycles. The monoisotopic (exact) mass is 386 g/mol. The van der Waals surface area contributed by atoms with Gasteiger partial charge in [0.05, 0.1) is 23.2 Å². The van der Waals surface area contributed by atoms with Crippen molar-refractivity contribution in [3.05, 3.63) is 27.4 Å². The summed E-state index contributed by atoms with van der Waals surface area (Å²) in [4.78, 5) is 27.7. The highest BCUT2D eigenvalue weighted by atomic mass is 79.9. The number of halogens is 1. The molecule has 0 fully saturated rings. The van der Waals surface area contributed by atoms with Gasteiger partial charge in [-0.1, -0.05) is 0 Å². The lowest BCUT2D eigenvalue weighted by atomic mass is 10.3. The summed E-state index contributed by atoms with van der Waals surface area (Å²) in [5, 5.41) is 8.97. The van der Waals surface area contributed by atoms with Gasteiger partial charge in [-0.05, 0) is 29.8 Å². The molecule has 0 saturated carbocycles. The zero-order valence-electron chi connectivity index (χ0n) is 12.1. The number of aromatic nitrogens is 3. The number of amides is 1. The minimum atomic E-state index is -0.351. The second-order valence-corrected chi connectivity index (χ2v) is 5.97. The average molecular weight is 387 g/mol. The van der Waals surface area contributed by atoms with E-state index in [0.29, 0.717) is 34.1 Å². The van der Waals surface area contributed by atoms with Gasteiger partial charge in [0.25, 0.3) is 5.91 Å². The molecular weight excluding hydrogens is 372 g/mol. The molecule has 0 aliphatic carbocycles. The fraction of sp³-hybridized carbons (Fsp3) is 0.385. The molecule has 0 aromatic carbocycles. The Morgan fingerprint density at radius 1 is 1.45 bits per heavy atom. The van der Waals surface area contributed by atoms with Crippen molar-refractivity contribution in [2.45, 2.75) is 26.8 Å². The van der Waals surface area contributed by atoms with Crippen LogP contribution < -0.4 is 5.32 Å². The summed E-state index contributed by atoms with van der Waals surface area (Å²) >= 11 is 4.56. The van der Waals surface area contributed by atoms with Crippen LogP contribution >= 0.6 is 27.3 Å². The number of nitrogens with zero attached hydrogens (tertiary/aromatic N) is 3. The maximum atomic E-state index is 12.2. The third kappa shape index (κ3) is 4.14. The number of carbonyl (C=O) groups excluding carboxylic acids is 2. The number of carbonyl (C=O) groups is 2. The van der Waals surface area contributed by atoms with Crippen molar-refractivity contribution in [3.63, 3.8) is 0 Å². The number of hydrogen-bond acceptors (Lipinski definition) is 6. The Bertz CT molecular complexity index is 683. The standard InChI is InChI=1S/C13H15BrN4O3S/c1-3-18-6-9(14)11(17-18)12(20)16-13-15-8(7-22-13)5-10(19)21-4-2/h6-7H,3-5H2,1-2H3,(H,15,16,20). The van der Waals surface area contributed by atoms with E-state index >= 15 is 0 Å². The molecule has 2 heterocycles. The second kappa shape index (κ2) is 7.50. The Morgan fingerprint density at radius 3 is 2.86 bits per heavy atom. The van der Waals surface area contributed by atoms with Crippen molar-refractivity contribution >= 4 is 44.3 Å². The van der Waals surface area contributed by atoms with E-state index < -0.39 is 0 Å². The Hall–Kier alpha value is -1.74. The number of rotatable bonds is 6. The predicted octanol–water partition coefficient (Wildman–Crippen LogP) is 2.48. The molecule has 1 amide bonds. The molecule has 1 N–H and O–H groups in total. The van der Waals surface area contributed by atoms with Gasteiger partial charge in [-0.25, -0.2) is 4.98 Å².